The number of benzene rings is 2. The molecule has 0 heterocycles. The summed E-state index contributed by atoms with van der Waals surface area (Å²) in [6, 6.07) is 15.1. The zero-order chi connectivity index (χ0) is 22.2. The second-order valence-corrected chi connectivity index (χ2v) is 9.08. The van der Waals surface area contributed by atoms with Crippen molar-refractivity contribution in [2.45, 2.75) is 64.6 Å². The predicted octanol–water partition coefficient (Wildman–Crippen LogP) is 5.00. The number of carbonyl (C=O) groups excluding carboxylic acids is 2. The standard InChI is InChI=1S/C25H31BrN2O3/c1-3-23(25(30)27-21-9-4-5-10-21)28(16-19-8-6-7-18(2)15-19)24(29)17-31-22-13-11-20(26)12-14-22/h6-8,11-15,21,23H,3-5,9-10,16-17H2,1-2H3,(H,27,30). The smallest absolute Gasteiger partial charge is 0.261 e. The zero-order valence-corrected chi connectivity index (χ0v) is 19.9. The van der Waals surface area contributed by atoms with E-state index in [-0.39, 0.29) is 24.5 Å². The van der Waals surface area contributed by atoms with Crippen molar-refractivity contribution in [3.63, 3.8) is 0 Å². The molecule has 1 aliphatic carbocycles. The van der Waals surface area contributed by atoms with Crippen molar-refractivity contribution in [2.75, 3.05) is 6.61 Å². The van der Waals surface area contributed by atoms with Crippen LogP contribution in [0.1, 0.15) is 50.2 Å². The minimum absolute atomic E-state index is 0.0703. The second kappa shape index (κ2) is 11.3. The Morgan fingerprint density at radius 1 is 1.16 bits per heavy atom. The molecule has 0 aromatic heterocycles. The minimum Gasteiger partial charge on any atom is -0.484 e. The summed E-state index contributed by atoms with van der Waals surface area (Å²) < 4.78 is 6.68. The van der Waals surface area contributed by atoms with Crippen LogP contribution in [0.5, 0.6) is 5.75 Å². The lowest BCUT2D eigenvalue weighted by Gasteiger charge is -2.31. The number of carbonyl (C=O) groups is 2. The maximum absolute atomic E-state index is 13.2. The number of ether oxygens (including phenoxy) is 1. The Morgan fingerprint density at radius 2 is 1.87 bits per heavy atom. The van der Waals surface area contributed by atoms with Gasteiger partial charge < -0.3 is 15.0 Å². The molecule has 1 saturated carbocycles. The summed E-state index contributed by atoms with van der Waals surface area (Å²) in [5, 5.41) is 3.16. The molecule has 0 saturated heterocycles. The highest BCUT2D eigenvalue weighted by Crippen LogP contribution is 2.20. The van der Waals surface area contributed by atoms with Crippen molar-refractivity contribution >= 4 is 27.7 Å². The van der Waals surface area contributed by atoms with Gasteiger partial charge in [-0.2, -0.15) is 0 Å². The lowest BCUT2D eigenvalue weighted by Crippen LogP contribution is -2.52. The molecule has 166 valence electrons. The highest BCUT2D eigenvalue weighted by atomic mass is 79.9. The number of aryl methyl sites for hydroxylation is 1. The van der Waals surface area contributed by atoms with Crippen molar-refractivity contribution in [1.29, 1.82) is 0 Å². The Morgan fingerprint density at radius 3 is 2.52 bits per heavy atom. The Bertz CT molecular complexity index is 879. The fourth-order valence-corrected chi connectivity index (χ4v) is 4.32. The number of rotatable bonds is 9. The van der Waals surface area contributed by atoms with E-state index in [1.807, 2.05) is 56.3 Å². The lowest BCUT2D eigenvalue weighted by atomic mass is 10.1. The molecule has 5 nitrogen and oxygen atoms in total. The normalized spacial score (nSPS) is 14.8. The van der Waals surface area contributed by atoms with Gasteiger partial charge in [0, 0.05) is 17.1 Å². The maximum atomic E-state index is 13.2. The summed E-state index contributed by atoms with van der Waals surface area (Å²) in [4.78, 5) is 28.0. The fourth-order valence-electron chi connectivity index (χ4n) is 4.05. The van der Waals surface area contributed by atoms with E-state index in [4.69, 9.17) is 4.74 Å². The van der Waals surface area contributed by atoms with E-state index < -0.39 is 6.04 Å². The van der Waals surface area contributed by atoms with Crippen molar-refractivity contribution < 1.29 is 14.3 Å². The van der Waals surface area contributed by atoms with E-state index in [0.29, 0.717) is 18.7 Å². The van der Waals surface area contributed by atoms with Crippen LogP contribution in [0.15, 0.2) is 53.0 Å². The van der Waals surface area contributed by atoms with Crippen LogP contribution in [0.3, 0.4) is 0 Å². The van der Waals surface area contributed by atoms with E-state index >= 15 is 0 Å². The van der Waals surface area contributed by atoms with Gasteiger partial charge in [-0.05, 0) is 56.0 Å². The van der Waals surface area contributed by atoms with Crippen molar-refractivity contribution in [1.82, 2.24) is 10.2 Å². The zero-order valence-electron chi connectivity index (χ0n) is 18.3. The van der Waals surface area contributed by atoms with Crippen LogP contribution in [0.4, 0.5) is 0 Å². The largest absolute Gasteiger partial charge is 0.484 e. The summed E-state index contributed by atoms with van der Waals surface area (Å²) in [5.41, 5.74) is 2.13. The van der Waals surface area contributed by atoms with Crippen LogP contribution in [-0.2, 0) is 16.1 Å². The first-order valence-corrected chi connectivity index (χ1v) is 11.8. The number of hydrogen-bond acceptors (Lipinski definition) is 3. The predicted molar refractivity (Wildman–Crippen MR) is 126 cm³/mol. The van der Waals surface area contributed by atoms with Gasteiger partial charge in [-0.1, -0.05) is 65.5 Å². The average molecular weight is 487 g/mol. The fraction of sp³-hybridized carbons (Fsp3) is 0.440. The first-order chi connectivity index (χ1) is 15.0. The number of nitrogens with one attached hydrogen (secondary N) is 1. The van der Waals surface area contributed by atoms with Gasteiger partial charge in [-0.15, -0.1) is 0 Å². The Hall–Kier alpha value is -2.34. The lowest BCUT2D eigenvalue weighted by molar-refractivity contribution is -0.143. The molecule has 31 heavy (non-hydrogen) atoms. The molecule has 0 spiro atoms. The van der Waals surface area contributed by atoms with E-state index in [1.165, 1.54) is 0 Å². The Kier molecular flexibility index (Phi) is 8.52. The molecule has 0 aliphatic heterocycles. The number of halogens is 1. The average Bonchev–Trinajstić information content (AvgIpc) is 3.26. The molecule has 1 N–H and O–H groups in total. The van der Waals surface area contributed by atoms with Crippen molar-refractivity contribution in [3.8, 4) is 5.75 Å². The molecule has 1 fully saturated rings. The molecule has 1 unspecified atom stereocenters. The molecule has 1 aliphatic rings. The molecule has 1 atom stereocenters. The van der Waals surface area contributed by atoms with E-state index in [9.17, 15) is 9.59 Å². The molecule has 3 rings (SSSR count). The van der Waals surface area contributed by atoms with Gasteiger partial charge in [0.25, 0.3) is 5.91 Å². The third-order valence-electron chi connectivity index (χ3n) is 5.70. The summed E-state index contributed by atoms with van der Waals surface area (Å²) in [7, 11) is 0. The first-order valence-electron chi connectivity index (χ1n) is 11.0. The second-order valence-electron chi connectivity index (χ2n) is 8.17. The van der Waals surface area contributed by atoms with Crippen LogP contribution in [0.2, 0.25) is 0 Å². The van der Waals surface area contributed by atoms with Gasteiger partial charge in [0.1, 0.15) is 11.8 Å². The van der Waals surface area contributed by atoms with E-state index in [0.717, 1.165) is 41.3 Å². The van der Waals surface area contributed by atoms with Crippen LogP contribution in [0, 0.1) is 6.92 Å². The Balaban J connectivity index is 1.75. The maximum Gasteiger partial charge on any atom is 0.261 e. The molecular weight excluding hydrogens is 456 g/mol. The molecule has 2 aromatic rings. The SMILES string of the molecule is CCC(C(=O)NC1CCCC1)N(Cc1cccc(C)c1)C(=O)COc1ccc(Br)cc1. The first kappa shape index (κ1) is 23.3. The van der Waals surface area contributed by atoms with Crippen LogP contribution in [0.25, 0.3) is 0 Å². The molecule has 0 radical (unpaired) electrons. The highest BCUT2D eigenvalue weighted by molar-refractivity contribution is 9.10. The number of hydrogen-bond donors (Lipinski definition) is 1. The van der Waals surface area contributed by atoms with Crippen LogP contribution >= 0.6 is 15.9 Å². The van der Waals surface area contributed by atoms with Crippen molar-refractivity contribution in [2.24, 2.45) is 0 Å². The highest BCUT2D eigenvalue weighted by Gasteiger charge is 2.30. The van der Waals surface area contributed by atoms with Gasteiger partial charge >= 0.3 is 0 Å². The van der Waals surface area contributed by atoms with E-state index in [1.54, 1.807) is 4.90 Å². The minimum atomic E-state index is -0.526. The third-order valence-corrected chi connectivity index (χ3v) is 6.23. The molecule has 2 aromatic carbocycles. The van der Waals surface area contributed by atoms with Crippen LogP contribution < -0.4 is 10.1 Å². The summed E-state index contributed by atoms with van der Waals surface area (Å²) >= 11 is 3.40. The topological polar surface area (TPSA) is 58.6 Å². The molecular formula is C25H31BrN2O3. The van der Waals surface area contributed by atoms with E-state index in [2.05, 4.69) is 27.3 Å². The number of amides is 2. The molecule has 0 bridgehead atoms. The molecule has 2 amide bonds. The quantitative estimate of drug-likeness (QED) is 0.542. The van der Waals surface area contributed by atoms with Gasteiger partial charge in [-0.3, -0.25) is 9.59 Å². The monoisotopic (exact) mass is 486 g/mol. The summed E-state index contributed by atoms with van der Waals surface area (Å²) in [6.45, 7) is 4.24. The van der Waals surface area contributed by atoms with Gasteiger partial charge in [-0.25, -0.2) is 0 Å². The summed E-state index contributed by atoms with van der Waals surface area (Å²) in [6.07, 6.45) is 4.87. The van der Waals surface area contributed by atoms with Crippen molar-refractivity contribution in [3.05, 3.63) is 64.1 Å². The Labute approximate surface area is 193 Å². The number of nitrogens with zero attached hydrogens (tertiary/aromatic N) is 1. The third kappa shape index (κ3) is 6.82. The molecule has 6 heteroatoms. The summed E-state index contributed by atoms with van der Waals surface area (Å²) in [5.74, 6) is 0.354. The van der Waals surface area contributed by atoms with Crippen LogP contribution in [-0.4, -0.2) is 35.4 Å². The van der Waals surface area contributed by atoms with Gasteiger partial charge in [0.05, 0.1) is 0 Å². The van der Waals surface area contributed by atoms with Gasteiger partial charge in [0.2, 0.25) is 5.91 Å². The van der Waals surface area contributed by atoms with Gasteiger partial charge in [0.15, 0.2) is 6.61 Å².